The Balaban J connectivity index is 1.51. The van der Waals surface area contributed by atoms with Gasteiger partial charge in [-0.15, -0.1) is 0 Å². The lowest BCUT2D eigenvalue weighted by Crippen LogP contribution is -2.33. The minimum atomic E-state index is -1.02. The van der Waals surface area contributed by atoms with Gasteiger partial charge in [-0.25, -0.2) is 0 Å². The lowest BCUT2D eigenvalue weighted by atomic mass is 10.1. The zero-order chi connectivity index (χ0) is 24.7. The second kappa shape index (κ2) is 11.4. The molecule has 2 aromatic rings. The average molecular weight is 471 g/mol. The van der Waals surface area contributed by atoms with Crippen molar-refractivity contribution in [3.8, 4) is 17.2 Å². The summed E-state index contributed by atoms with van der Waals surface area (Å²) in [6.07, 6.45) is -0.356. The van der Waals surface area contributed by atoms with Gasteiger partial charge in [0.15, 0.2) is 17.6 Å². The van der Waals surface area contributed by atoms with Crippen molar-refractivity contribution in [3.63, 3.8) is 0 Å². The Morgan fingerprint density at radius 2 is 1.74 bits per heavy atom. The van der Waals surface area contributed by atoms with Gasteiger partial charge in [0.05, 0.1) is 32.9 Å². The van der Waals surface area contributed by atoms with Crippen molar-refractivity contribution in [2.45, 2.75) is 25.9 Å². The van der Waals surface area contributed by atoms with Crippen molar-refractivity contribution in [2.24, 2.45) is 5.92 Å². The Hall–Kier alpha value is -3.75. The number of nitrogens with one attached hydrogen (secondary N) is 1. The van der Waals surface area contributed by atoms with Crippen molar-refractivity contribution in [1.82, 2.24) is 4.90 Å². The van der Waals surface area contributed by atoms with Crippen LogP contribution in [0.2, 0.25) is 0 Å². The monoisotopic (exact) mass is 470 g/mol. The number of hydrogen-bond donors (Lipinski definition) is 1. The van der Waals surface area contributed by atoms with Crippen molar-refractivity contribution in [1.29, 1.82) is 0 Å². The fourth-order valence-electron chi connectivity index (χ4n) is 3.75. The molecule has 3 rings (SSSR count). The normalized spacial score (nSPS) is 16.1. The van der Waals surface area contributed by atoms with Gasteiger partial charge in [0.1, 0.15) is 5.75 Å². The average Bonchev–Trinajstić information content (AvgIpc) is 3.23. The Labute approximate surface area is 198 Å². The van der Waals surface area contributed by atoms with Crippen molar-refractivity contribution >= 4 is 23.5 Å². The second-order valence-corrected chi connectivity index (χ2v) is 7.95. The van der Waals surface area contributed by atoms with Crippen LogP contribution in [0.1, 0.15) is 18.9 Å². The number of nitrogens with zero attached hydrogens (tertiary/aromatic N) is 1. The maximum absolute atomic E-state index is 12.6. The number of hydrogen-bond acceptors (Lipinski definition) is 7. The van der Waals surface area contributed by atoms with Crippen LogP contribution in [0, 0.1) is 5.92 Å². The summed E-state index contributed by atoms with van der Waals surface area (Å²) in [6.45, 7) is 2.21. The molecule has 1 heterocycles. The van der Waals surface area contributed by atoms with E-state index in [0.29, 0.717) is 35.9 Å². The van der Waals surface area contributed by atoms with E-state index in [-0.39, 0.29) is 18.9 Å². The number of amides is 2. The Morgan fingerprint density at radius 3 is 2.44 bits per heavy atom. The first kappa shape index (κ1) is 24.9. The summed E-state index contributed by atoms with van der Waals surface area (Å²) in [5.74, 6) is -0.0178. The van der Waals surface area contributed by atoms with Crippen LogP contribution in [-0.4, -0.2) is 63.2 Å². The molecule has 34 heavy (non-hydrogen) atoms. The molecule has 2 aromatic carbocycles. The van der Waals surface area contributed by atoms with Crippen LogP contribution in [0.4, 0.5) is 5.69 Å². The molecular weight excluding hydrogens is 440 g/mol. The highest BCUT2D eigenvalue weighted by Crippen LogP contribution is 2.28. The molecule has 1 aliphatic rings. The van der Waals surface area contributed by atoms with Gasteiger partial charge < -0.3 is 29.2 Å². The first-order chi connectivity index (χ1) is 16.4. The number of benzene rings is 2. The summed E-state index contributed by atoms with van der Waals surface area (Å²) in [7, 11) is 4.64. The van der Waals surface area contributed by atoms with Crippen LogP contribution < -0.4 is 19.5 Å². The smallest absolute Gasteiger partial charge is 0.312 e. The topological polar surface area (TPSA) is 103 Å². The number of likely N-dealkylation sites (tertiary alicyclic amines) is 1. The maximum Gasteiger partial charge on any atom is 0.312 e. The lowest BCUT2D eigenvalue weighted by Gasteiger charge is -2.18. The predicted octanol–water partition coefficient (Wildman–Crippen LogP) is 2.67. The van der Waals surface area contributed by atoms with Crippen molar-refractivity contribution < 1.29 is 33.3 Å². The summed E-state index contributed by atoms with van der Waals surface area (Å²) in [5.41, 5.74) is 1.47. The molecule has 1 aliphatic heterocycles. The predicted molar refractivity (Wildman–Crippen MR) is 125 cm³/mol. The minimum Gasteiger partial charge on any atom is -0.495 e. The summed E-state index contributed by atoms with van der Waals surface area (Å²) in [4.78, 5) is 39.2. The van der Waals surface area contributed by atoms with E-state index in [1.807, 2.05) is 18.2 Å². The molecule has 0 aliphatic carbocycles. The highest BCUT2D eigenvalue weighted by Gasteiger charge is 2.36. The van der Waals surface area contributed by atoms with E-state index in [1.165, 1.54) is 14.0 Å². The van der Waals surface area contributed by atoms with Gasteiger partial charge in [0.2, 0.25) is 5.91 Å². The Bertz CT molecular complexity index is 1040. The van der Waals surface area contributed by atoms with E-state index >= 15 is 0 Å². The van der Waals surface area contributed by atoms with E-state index < -0.39 is 23.9 Å². The highest BCUT2D eigenvalue weighted by atomic mass is 16.5. The van der Waals surface area contributed by atoms with Gasteiger partial charge in [-0.1, -0.05) is 18.2 Å². The van der Waals surface area contributed by atoms with E-state index in [0.717, 1.165) is 5.56 Å². The van der Waals surface area contributed by atoms with Gasteiger partial charge >= 0.3 is 5.97 Å². The third kappa shape index (κ3) is 5.98. The second-order valence-electron chi connectivity index (χ2n) is 7.95. The molecule has 182 valence electrons. The SMILES string of the molecule is COc1ccccc1NC(=O)[C@H](C)OC(=O)[C@H]1CC(=O)N(CCc2ccc(OC)c(OC)c2)C1. The molecule has 0 radical (unpaired) electrons. The maximum atomic E-state index is 12.6. The number of rotatable bonds is 10. The van der Waals surface area contributed by atoms with Gasteiger partial charge in [-0.2, -0.15) is 0 Å². The zero-order valence-corrected chi connectivity index (χ0v) is 19.8. The van der Waals surface area contributed by atoms with Crippen molar-refractivity contribution in [2.75, 3.05) is 39.7 Å². The van der Waals surface area contributed by atoms with Crippen LogP contribution in [0.3, 0.4) is 0 Å². The summed E-state index contributed by atoms with van der Waals surface area (Å²) in [6, 6.07) is 12.5. The fourth-order valence-corrected chi connectivity index (χ4v) is 3.75. The Morgan fingerprint density at radius 1 is 1.03 bits per heavy atom. The largest absolute Gasteiger partial charge is 0.495 e. The van der Waals surface area contributed by atoms with Crippen molar-refractivity contribution in [3.05, 3.63) is 48.0 Å². The van der Waals surface area contributed by atoms with Crippen LogP contribution in [0.15, 0.2) is 42.5 Å². The van der Waals surface area contributed by atoms with E-state index in [4.69, 9.17) is 18.9 Å². The standard InChI is InChI=1S/C25H30N2O7/c1-16(24(29)26-19-7-5-6-8-20(19)31-2)34-25(30)18-14-23(28)27(15-18)12-11-17-9-10-21(32-3)22(13-17)33-4/h5-10,13,16,18H,11-12,14-15H2,1-4H3,(H,26,29)/t16-,18-/m0/s1. The molecule has 9 nitrogen and oxygen atoms in total. The molecule has 0 saturated carbocycles. The first-order valence-corrected chi connectivity index (χ1v) is 11.0. The number of carbonyl (C=O) groups is 3. The molecule has 1 N–H and O–H groups in total. The van der Waals surface area contributed by atoms with E-state index in [2.05, 4.69) is 5.32 Å². The molecule has 0 aromatic heterocycles. The summed E-state index contributed by atoms with van der Waals surface area (Å²) >= 11 is 0. The first-order valence-electron chi connectivity index (χ1n) is 11.0. The van der Waals surface area contributed by atoms with Gasteiger partial charge in [-0.3, -0.25) is 14.4 Å². The Kier molecular flexibility index (Phi) is 8.34. The molecule has 2 amide bonds. The summed E-state index contributed by atoms with van der Waals surface area (Å²) in [5, 5.41) is 2.69. The molecule has 9 heteroatoms. The quantitative estimate of drug-likeness (QED) is 0.533. The van der Waals surface area contributed by atoms with E-state index in [1.54, 1.807) is 43.4 Å². The third-order valence-corrected chi connectivity index (χ3v) is 5.69. The molecule has 1 fully saturated rings. The van der Waals surface area contributed by atoms with Crippen LogP contribution >= 0.6 is 0 Å². The molecule has 1 saturated heterocycles. The van der Waals surface area contributed by atoms with Crippen LogP contribution in [-0.2, 0) is 25.5 Å². The summed E-state index contributed by atoms with van der Waals surface area (Å²) < 4.78 is 21.1. The molecule has 0 spiro atoms. The number of methoxy groups -OCH3 is 3. The van der Waals surface area contributed by atoms with Gasteiger partial charge in [0.25, 0.3) is 5.91 Å². The highest BCUT2D eigenvalue weighted by molar-refractivity contribution is 5.96. The number of ether oxygens (including phenoxy) is 4. The molecule has 0 bridgehead atoms. The number of carbonyl (C=O) groups excluding carboxylic acids is 3. The number of para-hydroxylation sites is 2. The molecule has 0 unspecified atom stereocenters. The minimum absolute atomic E-state index is 0.0611. The molecule has 2 atom stereocenters. The van der Waals surface area contributed by atoms with Gasteiger partial charge in [-0.05, 0) is 43.2 Å². The number of esters is 1. The third-order valence-electron chi connectivity index (χ3n) is 5.69. The number of anilines is 1. The lowest BCUT2D eigenvalue weighted by molar-refractivity contribution is -0.157. The fraction of sp³-hybridized carbons (Fsp3) is 0.400. The van der Waals surface area contributed by atoms with Gasteiger partial charge in [0, 0.05) is 19.5 Å². The molecular formula is C25H30N2O7. The van der Waals surface area contributed by atoms with E-state index in [9.17, 15) is 14.4 Å². The van der Waals surface area contributed by atoms with Crippen LogP contribution in [0.25, 0.3) is 0 Å². The zero-order valence-electron chi connectivity index (χ0n) is 19.8. The van der Waals surface area contributed by atoms with Crippen LogP contribution in [0.5, 0.6) is 17.2 Å².